The van der Waals surface area contributed by atoms with E-state index in [0.717, 1.165) is 30.6 Å². The molecule has 0 spiro atoms. The van der Waals surface area contributed by atoms with Gasteiger partial charge in [0, 0.05) is 12.1 Å². The van der Waals surface area contributed by atoms with Crippen molar-refractivity contribution in [2.75, 3.05) is 11.4 Å². The lowest BCUT2D eigenvalue weighted by atomic mass is 10.1. The molecule has 0 saturated carbocycles. The third-order valence-electron chi connectivity index (χ3n) is 2.76. The van der Waals surface area contributed by atoms with E-state index in [9.17, 15) is 4.79 Å². The van der Waals surface area contributed by atoms with Gasteiger partial charge < -0.3 is 4.90 Å². The maximum Gasteiger partial charge on any atom is 0.210 e. The molecule has 0 amide bonds. The summed E-state index contributed by atoms with van der Waals surface area (Å²) in [6.07, 6.45) is 2.21. The van der Waals surface area contributed by atoms with Gasteiger partial charge in [-0.3, -0.25) is 4.79 Å². The lowest BCUT2D eigenvalue weighted by molar-refractivity contribution is 0.103. The van der Waals surface area contributed by atoms with E-state index in [1.165, 1.54) is 0 Å². The Labute approximate surface area is 90.2 Å². The highest BCUT2D eigenvalue weighted by molar-refractivity contribution is 6.18. The van der Waals surface area contributed by atoms with E-state index in [2.05, 4.69) is 13.5 Å². The van der Waals surface area contributed by atoms with E-state index >= 15 is 0 Å². The largest absolute Gasteiger partial charge is 0.338 e. The molecule has 0 atom stereocenters. The molecular weight excluding hydrogens is 186 g/mol. The van der Waals surface area contributed by atoms with Crippen LogP contribution in [-0.2, 0) is 0 Å². The Balaban J connectivity index is 2.34. The van der Waals surface area contributed by atoms with Crippen molar-refractivity contribution in [1.82, 2.24) is 0 Å². The fraction of sp³-hybridized carbons (Fsp3) is 0.308. The molecule has 0 bridgehead atoms. The molecule has 1 aliphatic rings. The van der Waals surface area contributed by atoms with E-state index in [0.29, 0.717) is 5.70 Å². The fourth-order valence-corrected chi connectivity index (χ4v) is 1.90. The number of fused-ring (bicyclic) bond motifs is 1. The molecule has 0 aromatic heterocycles. The van der Waals surface area contributed by atoms with E-state index < -0.39 is 0 Å². The molecule has 78 valence electrons. The van der Waals surface area contributed by atoms with Crippen LogP contribution in [0.3, 0.4) is 0 Å². The second kappa shape index (κ2) is 3.89. The number of carbonyl (C=O) groups excluding carboxylic acids is 1. The molecule has 0 N–H and O–H groups in total. The van der Waals surface area contributed by atoms with Crippen molar-refractivity contribution in [3.05, 3.63) is 42.1 Å². The van der Waals surface area contributed by atoms with Gasteiger partial charge in [0.1, 0.15) is 0 Å². The predicted octanol–water partition coefficient (Wildman–Crippen LogP) is 3.00. The Morgan fingerprint density at radius 2 is 2.07 bits per heavy atom. The molecule has 2 rings (SSSR count). The number of nitrogens with zero attached hydrogens (tertiary/aromatic N) is 1. The van der Waals surface area contributed by atoms with Crippen molar-refractivity contribution in [3.8, 4) is 0 Å². The van der Waals surface area contributed by atoms with Crippen LogP contribution < -0.4 is 4.90 Å². The molecule has 1 aliphatic heterocycles. The predicted molar refractivity (Wildman–Crippen MR) is 62.2 cm³/mol. The summed E-state index contributed by atoms with van der Waals surface area (Å²) in [5.74, 6) is 0.0710. The number of anilines is 1. The van der Waals surface area contributed by atoms with Gasteiger partial charge in [-0.15, -0.1) is 0 Å². The molecule has 15 heavy (non-hydrogen) atoms. The second-order valence-corrected chi connectivity index (χ2v) is 3.80. The first-order valence-electron chi connectivity index (χ1n) is 5.36. The molecule has 0 saturated heterocycles. The van der Waals surface area contributed by atoms with Crippen LogP contribution in [0.4, 0.5) is 5.69 Å². The Kier molecular flexibility index (Phi) is 2.58. The molecule has 0 unspecified atom stereocenters. The van der Waals surface area contributed by atoms with Gasteiger partial charge in [0.05, 0.1) is 11.4 Å². The summed E-state index contributed by atoms with van der Waals surface area (Å²) in [7, 11) is 0. The van der Waals surface area contributed by atoms with Gasteiger partial charge in [-0.1, -0.05) is 32.1 Å². The smallest absolute Gasteiger partial charge is 0.210 e. The number of para-hydroxylation sites is 1. The van der Waals surface area contributed by atoms with Crippen LogP contribution >= 0.6 is 0 Å². The molecule has 0 radical (unpaired) electrons. The minimum atomic E-state index is 0.0710. The van der Waals surface area contributed by atoms with Crippen LogP contribution in [-0.4, -0.2) is 12.3 Å². The van der Waals surface area contributed by atoms with Gasteiger partial charge in [0.25, 0.3) is 0 Å². The van der Waals surface area contributed by atoms with Crippen molar-refractivity contribution in [1.29, 1.82) is 0 Å². The van der Waals surface area contributed by atoms with Gasteiger partial charge in [0.15, 0.2) is 0 Å². The van der Waals surface area contributed by atoms with Crippen LogP contribution in [0.1, 0.15) is 30.1 Å². The molecule has 0 aliphatic carbocycles. The summed E-state index contributed by atoms with van der Waals surface area (Å²) in [6, 6.07) is 7.72. The number of carbonyl (C=O) groups is 1. The first kappa shape index (κ1) is 9.97. The zero-order valence-electron chi connectivity index (χ0n) is 8.99. The van der Waals surface area contributed by atoms with Gasteiger partial charge in [-0.2, -0.15) is 0 Å². The fourth-order valence-electron chi connectivity index (χ4n) is 1.90. The van der Waals surface area contributed by atoms with Crippen LogP contribution in [0.15, 0.2) is 36.5 Å². The minimum Gasteiger partial charge on any atom is -0.338 e. The van der Waals surface area contributed by atoms with Crippen molar-refractivity contribution < 1.29 is 4.79 Å². The number of hydrogen-bond donors (Lipinski definition) is 0. The van der Waals surface area contributed by atoms with E-state index in [4.69, 9.17) is 0 Å². The zero-order chi connectivity index (χ0) is 10.8. The number of Topliss-reactive ketones (excluding diaryl/α,β-unsaturated/α-hetero) is 1. The minimum absolute atomic E-state index is 0.0710. The van der Waals surface area contributed by atoms with E-state index in [-0.39, 0.29) is 5.78 Å². The molecule has 1 aromatic carbocycles. The Morgan fingerprint density at radius 3 is 2.80 bits per heavy atom. The molecule has 2 nitrogen and oxygen atoms in total. The molecule has 1 heterocycles. The molecular formula is C13H15NO. The van der Waals surface area contributed by atoms with Crippen LogP contribution in [0.25, 0.3) is 0 Å². The number of allylic oxidation sites excluding steroid dienone is 1. The first-order valence-corrected chi connectivity index (χ1v) is 5.36. The average Bonchev–Trinajstić information content (AvgIpc) is 2.51. The van der Waals surface area contributed by atoms with Crippen molar-refractivity contribution in [2.24, 2.45) is 0 Å². The second-order valence-electron chi connectivity index (χ2n) is 3.80. The summed E-state index contributed by atoms with van der Waals surface area (Å²) < 4.78 is 0. The third kappa shape index (κ3) is 1.56. The van der Waals surface area contributed by atoms with Crippen LogP contribution in [0.5, 0.6) is 0 Å². The highest BCUT2D eigenvalue weighted by Crippen LogP contribution is 2.33. The summed E-state index contributed by atoms with van der Waals surface area (Å²) in [5, 5.41) is 0. The normalized spacial score (nSPS) is 14.6. The highest BCUT2D eigenvalue weighted by Gasteiger charge is 2.29. The van der Waals surface area contributed by atoms with Gasteiger partial charge in [0.2, 0.25) is 5.78 Å². The van der Waals surface area contributed by atoms with Crippen molar-refractivity contribution >= 4 is 11.5 Å². The van der Waals surface area contributed by atoms with Crippen molar-refractivity contribution in [3.63, 3.8) is 0 Å². The summed E-state index contributed by atoms with van der Waals surface area (Å²) in [4.78, 5) is 13.9. The van der Waals surface area contributed by atoms with Crippen molar-refractivity contribution in [2.45, 2.75) is 19.8 Å². The summed E-state index contributed by atoms with van der Waals surface area (Å²) in [6.45, 7) is 6.89. The number of benzene rings is 1. The maximum atomic E-state index is 11.8. The van der Waals surface area contributed by atoms with Gasteiger partial charge >= 0.3 is 0 Å². The Hall–Kier alpha value is -1.57. The molecule has 1 aromatic rings. The quantitative estimate of drug-likeness (QED) is 0.701. The van der Waals surface area contributed by atoms with Gasteiger partial charge in [-0.05, 0) is 18.6 Å². The highest BCUT2D eigenvalue weighted by atomic mass is 16.1. The number of unbranched alkanes of at least 4 members (excludes halogenated alkanes) is 1. The SMILES string of the molecule is C=C1C(=O)c2ccccc2N1CCCC. The molecule has 0 fully saturated rings. The number of hydrogen-bond acceptors (Lipinski definition) is 2. The average molecular weight is 201 g/mol. The number of rotatable bonds is 3. The maximum absolute atomic E-state index is 11.8. The summed E-state index contributed by atoms with van der Waals surface area (Å²) >= 11 is 0. The topological polar surface area (TPSA) is 20.3 Å². The Morgan fingerprint density at radius 1 is 1.33 bits per heavy atom. The zero-order valence-corrected chi connectivity index (χ0v) is 8.99. The van der Waals surface area contributed by atoms with E-state index in [1.807, 2.05) is 29.2 Å². The third-order valence-corrected chi connectivity index (χ3v) is 2.76. The number of ketones is 1. The Bertz CT molecular complexity index is 409. The van der Waals surface area contributed by atoms with Crippen LogP contribution in [0, 0.1) is 0 Å². The monoisotopic (exact) mass is 201 g/mol. The first-order chi connectivity index (χ1) is 7.25. The van der Waals surface area contributed by atoms with Crippen LogP contribution in [0.2, 0.25) is 0 Å². The molecule has 2 heteroatoms. The van der Waals surface area contributed by atoms with Gasteiger partial charge in [-0.25, -0.2) is 0 Å². The van der Waals surface area contributed by atoms with E-state index in [1.54, 1.807) is 0 Å². The lowest BCUT2D eigenvalue weighted by Crippen LogP contribution is -2.20. The standard InChI is InChI=1S/C13H15NO/c1-3-4-9-14-10(2)13(15)11-7-5-6-8-12(11)14/h5-8H,2-4,9H2,1H3. The summed E-state index contributed by atoms with van der Waals surface area (Å²) in [5.41, 5.74) is 2.42. The lowest BCUT2D eigenvalue weighted by Gasteiger charge is -2.18.